The fraction of sp³-hybridized carbons (Fsp3) is 0.286. The summed E-state index contributed by atoms with van der Waals surface area (Å²) in [5.74, 6) is 1.78. The number of aromatic nitrogens is 2. The molecule has 0 aliphatic carbocycles. The summed E-state index contributed by atoms with van der Waals surface area (Å²) >= 11 is 0. The fourth-order valence-corrected chi connectivity index (χ4v) is 4.07. The van der Waals surface area contributed by atoms with Gasteiger partial charge in [0.25, 0.3) is 0 Å². The molecule has 2 aromatic carbocycles. The van der Waals surface area contributed by atoms with Crippen LogP contribution < -0.4 is 10.4 Å². The van der Waals surface area contributed by atoms with Crippen molar-refractivity contribution in [2.75, 3.05) is 20.2 Å². The molecule has 138 valence electrons. The zero-order valence-corrected chi connectivity index (χ0v) is 15.2. The predicted molar refractivity (Wildman–Crippen MR) is 104 cm³/mol. The summed E-state index contributed by atoms with van der Waals surface area (Å²) in [4.78, 5) is 17.5. The number of methoxy groups -OCH3 is 1. The maximum atomic E-state index is 12.3. The Morgan fingerprint density at radius 2 is 2.04 bits per heavy atom. The first kappa shape index (κ1) is 16.2. The number of fused-ring (bicyclic) bond motifs is 4. The van der Waals surface area contributed by atoms with E-state index in [1.165, 1.54) is 5.56 Å². The third-order valence-corrected chi connectivity index (χ3v) is 5.45. The molecule has 0 radical (unpaired) electrons. The Kier molecular flexibility index (Phi) is 3.79. The lowest BCUT2D eigenvalue weighted by atomic mass is 10.0. The number of rotatable bonds is 4. The maximum absolute atomic E-state index is 12.3. The number of aromatic amines is 1. The molecule has 0 fully saturated rings. The zero-order valence-electron chi connectivity index (χ0n) is 15.2. The van der Waals surface area contributed by atoms with E-state index in [0.29, 0.717) is 6.54 Å². The Hall–Kier alpha value is -2.99. The fourth-order valence-electron chi connectivity index (χ4n) is 4.07. The number of H-pyrrole nitrogens is 1. The maximum Gasteiger partial charge on any atom is 0.326 e. The van der Waals surface area contributed by atoms with Crippen molar-refractivity contribution in [1.29, 1.82) is 0 Å². The Morgan fingerprint density at radius 3 is 2.93 bits per heavy atom. The average molecular weight is 363 g/mol. The normalized spacial score (nSPS) is 14.7. The first-order chi connectivity index (χ1) is 13.2. The Morgan fingerprint density at radius 1 is 1.15 bits per heavy atom. The molecule has 0 saturated heterocycles. The summed E-state index contributed by atoms with van der Waals surface area (Å²) in [5.41, 5.74) is 3.90. The molecule has 0 spiro atoms. The van der Waals surface area contributed by atoms with E-state index >= 15 is 0 Å². The van der Waals surface area contributed by atoms with Crippen LogP contribution in [0.3, 0.4) is 0 Å². The van der Waals surface area contributed by atoms with Crippen molar-refractivity contribution >= 4 is 22.0 Å². The summed E-state index contributed by atoms with van der Waals surface area (Å²) in [5, 5.41) is 1.15. The minimum Gasteiger partial charge on any atom is -0.493 e. The van der Waals surface area contributed by atoms with E-state index in [1.807, 2.05) is 41.0 Å². The highest BCUT2D eigenvalue weighted by Gasteiger charge is 2.24. The number of para-hydroxylation sites is 3. The van der Waals surface area contributed by atoms with Crippen LogP contribution in [-0.4, -0.2) is 34.7 Å². The average Bonchev–Trinajstić information content (AvgIpc) is 3.22. The van der Waals surface area contributed by atoms with Crippen molar-refractivity contribution in [2.45, 2.75) is 19.5 Å². The van der Waals surface area contributed by atoms with Gasteiger partial charge in [0, 0.05) is 30.6 Å². The van der Waals surface area contributed by atoms with Crippen LogP contribution in [0.1, 0.15) is 11.3 Å². The van der Waals surface area contributed by atoms with E-state index in [-0.39, 0.29) is 5.69 Å². The minimum atomic E-state index is -0.0534. The summed E-state index contributed by atoms with van der Waals surface area (Å²) in [6, 6.07) is 13.8. The highest BCUT2D eigenvalue weighted by atomic mass is 16.5. The largest absolute Gasteiger partial charge is 0.493 e. The number of imidazole rings is 1. The van der Waals surface area contributed by atoms with Gasteiger partial charge in [-0.3, -0.25) is 9.47 Å². The summed E-state index contributed by atoms with van der Waals surface area (Å²) in [6.07, 6.45) is 0.943. The lowest BCUT2D eigenvalue weighted by Crippen LogP contribution is -2.34. The lowest BCUT2D eigenvalue weighted by Gasteiger charge is -2.25. The van der Waals surface area contributed by atoms with E-state index in [4.69, 9.17) is 9.15 Å². The van der Waals surface area contributed by atoms with Gasteiger partial charge in [-0.05, 0) is 24.6 Å². The van der Waals surface area contributed by atoms with E-state index < -0.39 is 0 Å². The van der Waals surface area contributed by atoms with E-state index in [1.54, 1.807) is 7.11 Å². The van der Waals surface area contributed by atoms with Crippen molar-refractivity contribution < 1.29 is 9.15 Å². The molecule has 0 bridgehead atoms. The topological polar surface area (TPSA) is 63.4 Å². The van der Waals surface area contributed by atoms with Gasteiger partial charge < -0.3 is 14.1 Å². The van der Waals surface area contributed by atoms with E-state index in [2.05, 4.69) is 16.0 Å². The third kappa shape index (κ3) is 2.64. The van der Waals surface area contributed by atoms with Crippen molar-refractivity contribution in [1.82, 2.24) is 14.5 Å². The second kappa shape index (κ2) is 6.32. The van der Waals surface area contributed by atoms with Crippen LogP contribution in [0.15, 0.2) is 51.7 Å². The molecular weight excluding hydrogens is 342 g/mol. The van der Waals surface area contributed by atoms with Crippen LogP contribution in [-0.2, 0) is 19.5 Å². The highest BCUT2D eigenvalue weighted by Crippen LogP contribution is 2.35. The monoisotopic (exact) mass is 363 g/mol. The van der Waals surface area contributed by atoms with Crippen LogP contribution in [0, 0.1) is 0 Å². The van der Waals surface area contributed by atoms with Gasteiger partial charge in [-0.15, -0.1) is 0 Å². The lowest BCUT2D eigenvalue weighted by molar-refractivity contribution is 0.223. The number of benzene rings is 2. The van der Waals surface area contributed by atoms with Crippen LogP contribution >= 0.6 is 0 Å². The number of nitrogens with zero attached hydrogens (tertiary/aromatic N) is 2. The quantitative estimate of drug-likeness (QED) is 0.605. The SMILES string of the molecule is COc1cccc2c3c(oc12)CN(CCn1c(=O)[nH]c2ccccc21)CC3. The summed E-state index contributed by atoms with van der Waals surface area (Å²) in [6.45, 7) is 3.16. The molecule has 1 aliphatic rings. The molecule has 0 amide bonds. The van der Waals surface area contributed by atoms with E-state index in [0.717, 1.165) is 59.6 Å². The third-order valence-electron chi connectivity index (χ3n) is 5.45. The van der Waals surface area contributed by atoms with Crippen molar-refractivity contribution in [2.24, 2.45) is 0 Å². The van der Waals surface area contributed by atoms with Crippen LogP contribution in [0.2, 0.25) is 0 Å². The van der Waals surface area contributed by atoms with Crippen molar-refractivity contribution in [3.05, 3.63) is 64.3 Å². The van der Waals surface area contributed by atoms with Gasteiger partial charge >= 0.3 is 5.69 Å². The molecule has 6 nitrogen and oxygen atoms in total. The van der Waals surface area contributed by atoms with E-state index in [9.17, 15) is 4.79 Å². The second-order valence-corrected chi connectivity index (χ2v) is 6.97. The van der Waals surface area contributed by atoms with Gasteiger partial charge in [0.15, 0.2) is 11.3 Å². The summed E-state index contributed by atoms with van der Waals surface area (Å²) < 4.78 is 13.4. The first-order valence-electron chi connectivity index (χ1n) is 9.22. The van der Waals surface area contributed by atoms with Gasteiger partial charge in [0.1, 0.15) is 5.76 Å². The molecule has 0 atom stereocenters. The molecule has 6 heteroatoms. The van der Waals surface area contributed by atoms with Crippen LogP contribution in [0.5, 0.6) is 5.75 Å². The van der Waals surface area contributed by atoms with Gasteiger partial charge in [-0.2, -0.15) is 0 Å². The first-order valence-corrected chi connectivity index (χ1v) is 9.22. The van der Waals surface area contributed by atoms with Gasteiger partial charge in [-0.1, -0.05) is 24.3 Å². The highest BCUT2D eigenvalue weighted by molar-refractivity contribution is 5.87. The molecule has 1 aliphatic heterocycles. The number of ether oxygens (including phenoxy) is 1. The molecule has 0 unspecified atom stereocenters. The predicted octanol–water partition coefficient (Wildman–Crippen LogP) is 3.14. The van der Waals surface area contributed by atoms with Crippen molar-refractivity contribution in [3.8, 4) is 5.75 Å². The van der Waals surface area contributed by atoms with Crippen LogP contribution in [0.4, 0.5) is 0 Å². The number of nitrogens with one attached hydrogen (secondary N) is 1. The molecule has 1 N–H and O–H groups in total. The molecule has 3 heterocycles. The smallest absolute Gasteiger partial charge is 0.326 e. The van der Waals surface area contributed by atoms with Gasteiger partial charge in [-0.25, -0.2) is 4.79 Å². The minimum absolute atomic E-state index is 0.0534. The standard InChI is InChI=1S/C21H21N3O3/c1-26-18-8-4-5-15-14-9-10-23(13-19(14)27-20(15)18)11-12-24-17-7-3-2-6-16(17)22-21(24)25/h2-8H,9-13H2,1H3,(H,22,25). The Labute approximate surface area is 156 Å². The molecular formula is C21H21N3O3. The number of hydrogen-bond acceptors (Lipinski definition) is 4. The zero-order chi connectivity index (χ0) is 18.4. The molecule has 27 heavy (non-hydrogen) atoms. The van der Waals surface area contributed by atoms with Gasteiger partial charge in [0.05, 0.1) is 24.7 Å². The van der Waals surface area contributed by atoms with Crippen molar-refractivity contribution in [3.63, 3.8) is 0 Å². The number of furan rings is 1. The second-order valence-electron chi connectivity index (χ2n) is 6.97. The molecule has 4 aromatic rings. The summed E-state index contributed by atoms with van der Waals surface area (Å²) in [7, 11) is 1.67. The molecule has 2 aromatic heterocycles. The number of hydrogen-bond donors (Lipinski definition) is 1. The molecule has 0 saturated carbocycles. The van der Waals surface area contributed by atoms with Gasteiger partial charge in [0.2, 0.25) is 0 Å². The Bertz CT molecular complexity index is 1180. The van der Waals surface area contributed by atoms with Crippen LogP contribution in [0.25, 0.3) is 22.0 Å². The molecule has 5 rings (SSSR count). The Balaban J connectivity index is 1.38.